The minimum atomic E-state index is -0.918. The lowest BCUT2D eigenvalue weighted by Crippen LogP contribution is -1.94. The van der Waals surface area contributed by atoms with Gasteiger partial charge in [0.25, 0.3) is 0 Å². The van der Waals surface area contributed by atoms with Gasteiger partial charge in [0.05, 0.1) is 5.56 Å². The van der Waals surface area contributed by atoms with Gasteiger partial charge in [0.2, 0.25) is 0 Å². The van der Waals surface area contributed by atoms with Gasteiger partial charge in [0.15, 0.2) is 0 Å². The predicted octanol–water partition coefficient (Wildman–Crippen LogP) is 4.52. The van der Waals surface area contributed by atoms with Gasteiger partial charge < -0.3 is 5.11 Å². The van der Waals surface area contributed by atoms with Crippen LogP contribution in [-0.4, -0.2) is 11.1 Å². The van der Waals surface area contributed by atoms with Crippen LogP contribution in [0.2, 0.25) is 0 Å². The molecule has 2 aromatic rings. The molecule has 0 unspecified atom stereocenters. The summed E-state index contributed by atoms with van der Waals surface area (Å²) in [5, 5.41) is 8.85. The van der Waals surface area contributed by atoms with E-state index in [1.165, 1.54) is 24.8 Å². The lowest BCUT2D eigenvalue weighted by atomic mass is 10.1. The molecule has 0 aliphatic carbocycles. The fraction of sp³-hybridized carbons (Fsp3) is 0.250. The SMILES string of the molecule is CCCCCc1ccc(C#Cc2ccc(C(=O)O)cc2)cc1. The lowest BCUT2D eigenvalue weighted by molar-refractivity contribution is 0.0697. The second kappa shape index (κ2) is 8.05. The lowest BCUT2D eigenvalue weighted by Gasteiger charge is -2.00. The highest BCUT2D eigenvalue weighted by Crippen LogP contribution is 2.09. The van der Waals surface area contributed by atoms with E-state index in [0.29, 0.717) is 0 Å². The quantitative estimate of drug-likeness (QED) is 0.650. The third-order valence-corrected chi connectivity index (χ3v) is 3.51. The molecule has 0 spiro atoms. The summed E-state index contributed by atoms with van der Waals surface area (Å²) >= 11 is 0. The molecule has 2 nitrogen and oxygen atoms in total. The summed E-state index contributed by atoms with van der Waals surface area (Å²) < 4.78 is 0. The summed E-state index contributed by atoms with van der Waals surface area (Å²) in [6.07, 6.45) is 4.87. The Kier molecular flexibility index (Phi) is 5.80. The zero-order chi connectivity index (χ0) is 15.8. The first-order valence-electron chi connectivity index (χ1n) is 7.63. The Bertz CT molecular complexity index is 670. The van der Waals surface area contributed by atoms with Gasteiger partial charge in [0.1, 0.15) is 0 Å². The monoisotopic (exact) mass is 292 g/mol. The van der Waals surface area contributed by atoms with Crippen molar-refractivity contribution in [3.05, 3.63) is 70.8 Å². The fourth-order valence-corrected chi connectivity index (χ4v) is 2.17. The van der Waals surface area contributed by atoms with Gasteiger partial charge in [-0.1, -0.05) is 43.7 Å². The molecule has 0 fully saturated rings. The summed E-state index contributed by atoms with van der Waals surface area (Å²) in [5.41, 5.74) is 3.42. The van der Waals surface area contributed by atoms with Crippen molar-refractivity contribution in [2.24, 2.45) is 0 Å². The van der Waals surface area contributed by atoms with Gasteiger partial charge >= 0.3 is 5.97 Å². The molecule has 0 bridgehead atoms. The highest BCUT2D eigenvalue weighted by Gasteiger charge is 2.00. The molecule has 1 N–H and O–H groups in total. The van der Waals surface area contributed by atoms with Crippen molar-refractivity contribution >= 4 is 5.97 Å². The molecular formula is C20H20O2. The Balaban J connectivity index is 2.00. The molecule has 0 aliphatic heterocycles. The van der Waals surface area contributed by atoms with Crippen LogP contribution in [0, 0.1) is 11.8 Å². The highest BCUT2D eigenvalue weighted by molar-refractivity contribution is 5.87. The molecule has 0 saturated carbocycles. The minimum Gasteiger partial charge on any atom is -0.478 e. The van der Waals surface area contributed by atoms with Gasteiger partial charge in [-0.25, -0.2) is 4.79 Å². The largest absolute Gasteiger partial charge is 0.478 e. The van der Waals surface area contributed by atoms with Crippen LogP contribution >= 0.6 is 0 Å². The van der Waals surface area contributed by atoms with E-state index >= 15 is 0 Å². The van der Waals surface area contributed by atoms with E-state index in [0.717, 1.165) is 17.5 Å². The molecule has 0 amide bonds. The second-order valence-corrected chi connectivity index (χ2v) is 5.29. The summed E-state index contributed by atoms with van der Waals surface area (Å²) in [6, 6.07) is 15.0. The number of carboxylic acids is 1. The standard InChI is InChI=1S/C20H20O2/c1-2-3-4-5-16-6-8-17(9-7-16)10-11-18-12-14-19(15-13-18)20(21)22/h6-9,12-15H,2-5H2,1H3,(H,21,22). The smallest absolute Gasteiger partial charge is 0.335 e. The zero-order valence-corrected chi connectivity index (χ0v) is 12.8. The van der Waals surface area contributed by atoms with Crippen molar-refractivity contribution in [2.75, 3.05) is 0 Å². The number of hydrogen-bond donors (Lipinski definition) is 1. The Morgan fingerprint density at radius 1 is 0.909 bits per heavy atom. The van der Waals surface area contributed by atoms with Crippen LogP contribution in [0.5, 0.6) is 0 Å². The third kappa shape index (κ3) is 4.79. The second-order valence-electron chi connectivity index (χ2n) is 5.29. The van der Waals surface area contributed by atoms with Crippen LogP contribution in [0.1, 0.15) is 53.2 Å². The van der Waals surface area contributed by atoms with Crippen LogP contribution in [0.4, 0.5) is 0 Å². The Labute approximate surface area is 131 Å². The van der Waals surface area contributed by atoms with E-state index in [1.54, 1.807) is 24.3 Å². The number of carboxylic acid groups (broad SMARTS) is 1. The molecule has 112 valence electrons. The van der Waals surface area contributed by atoms with Crippen molar-refractivity contribution in [2.45, 2.75) is 32.6 Å². The molecule has 0 saturated heterocycles. The maximum Gasteiger partial charge on any atom is 0.335 e. The van der Waals surface area contributed by atoms with Gasteiger partial charge in [-0.05, 0) is 54.8 Å². The number of rotatable bonds is 5. The topological polar surface area (TPSA) is 37.3 Å². The maximum atomic E-state index is 10.8. The molecule has 22 heavy (non-hydrogen) atoms. The van der Waals surface area contributed by atoms with Crippen molar-refractivity contribution in [1.29, 1.82) is 0 Å². The van der Waals surface area contributed by atoms with Crippen molar-refractivity contribution < 1.29 is 9.90 Å². The van der Waals surface area contributed by atoms with E-state index in [9.17, 15) is 4.79 Å². The van der Waals surface area contributed by atoms with Crippen LogP contribution < -0.4 is 0 Å². The van der Waals surface area contributed by atoms with Gasteiger partial charge in [-0.2, -0.15) is 0 Å². The number of aromatic carboxylic acids is 1. The normalized spacial score (nSPS) is 9.86. The predicted molar refractivity (Wildman–Crippen MR) is 89.1 cm³/mol. The Hall–Kier alpha value is -2.53. The molecular weight excluding hydrogens is 272 g/mol. The molecule has 0 aliphatic rings. The van der Waals surface area contributed by atoms with Crippen molar-refractivity contribution in [1.82, 2.24) is 0 Å². The minimum absolute atomic E-state index is 0.280. The van der Waals surface area contributed by atoms with Crippen molar-refractivity contribution in [3.8, 4) is 11.8 Å². The van der Waals surface area contributed by atoms with E-state index in [-0.39, 0.29) is 5.56 Å². The average molecular weight is 292 g/mol. The van der Waals surface area contributed by atoms with E-state index in [1.807, 2.05) is 12.1 Å². The number of unbranched alkanes of at least 4 members (excludes halogenated alkanes) is 2. The highest BCUT2D eigenvalue weighted by atomic mass is 16.4. The summed E-state index contributed by atoms with van der Waals surface area (Å²) in [5.74, 6) is 5.24. The van der Waals surface area contributed by atoms with Gasteiger partial charge in [0, 0.05) is 11.1 Å². The number of hydrogen-bond acceptors (Lipinski definition) is 1. The summed E-state index contributed by atoms with van der Waals surface area (Å²) in [7, 11) is 0. The Morgan fingerprint density at radius 2 is 1.45 bits per heavy atom. The first kappa shape index (κ1) is 15.9. The first-order chi connectivity index (χ1) is 10.7. The molecule has 0 atom stereocenters. The maximum absolute atomic E-state index is 10.8. The first-order valence-corrected chi connectivity index (χ1v) is 7.63. The Morgan fingerprint density at radius 3 is 1.95 bits per heavy atom. The van der Waals surface area contributed by atoms with Gasteiger partial charge in [-0.15, -0.1) is 0 Å². The average Bonchev–Trinajstić information content (AvgIpc) is 2.55. The zero-order valence-electron chi connectivity index (χ0n) is 12.8. The molecule has 0 aromatic heterocycles. The number of carbonyl (C=O) groups is 1. The summed E-state index contributed by atoms with van der Waals surface area (Å²) in [4.78, 5) is 10.8. The molecule has 2 heteroatoms. The molecule has 2 rings (SSSR count). The number of aryl methyl sites for hydroxylation is 1. The van der Waals surface area contributed by atoms with E-state index in [4.69, 9.17) is 5.11 Å². The summed E-state index contributed by atoms with van der Waals surface area (Å²) in [6.45, 7) is 2.21. The van der Waals surface area contributed by atoms with Crippen LogP contribution in [0.15, 0.2) is 48.5 Å². The van der Waals surface area contributed by atoms with E-state index < -0.39 is 5.97 Å². The third-order valence-electron chi connectivity index (χ3n) is 3.51. The molecule has 0 heterocycles. The number of benzene rings is 2. The van der Waals surface area contributed by atoms with Crippen LogP contribution in [0.25, 0.3) is 0 Å². The molecule has 0 radical (unpaired) electrons. The van der Waals surface area contributed by atoms with Crippen LogP contribution in [0.3, 0.4) is 0 Å². The fourth-order valence-electron chi connectivity index (χ4n) is 2.17. The van der Waals surface area contributed by atoms with E-state index in [2.05, 4.69) is 30.9 Å². The van der Waals surface area contributed by atoms with Gasteiger partial charge in [-0.3, -0.25) is 0 Å². The molecule has 2 aromatic carbocycles. The van der Waals surface area contributed by atoms with Crippen LogP contribution in [-0.2, 0) is 6.42 Å². The van der Waals surface area contributed by atoms with Crippen molar-refractivity contribution in [3.63, 3.8) is 0 Å².